The van der Waals surface area contributed by atoms with Crippen LogP contribution in [0, 0.1) is 5.82 Å². The zero-order valence-corrected chi connectivity index (χ0v) is 12.7. The third-order valence-electron chi connectivity index (χ3n) is 3.09. The molecule has 0 unspecified atom stereocenters. The van der Waals surface area contributed by atoms with Crippen molar-refractivity contribution >= 4 is 29.1 Å². The van der Waals surface area contributed by atoms with Crippen LogP contribution < -0.4 is 4.90 Å². The van der Waals surface area contributed by atoms with Gasteiger partial charge in [-0.1, -0.05) is 25.1 Å². The normalized spacial score (nSPS) is 10.4. The predicted molar refractivity (Wildman–Crippen MR) is 84.3 cm³/mol. The van der Waals surface area contributed by atoms with Crippen LogP contribution in [0.4, 0.5) is 15.8 Å². The van der Waals surface area contributed by atoms with Gasteiger partial charge in [0.2, 0.25) is 0 Å². The van der Waals surface area contributed by atoms with Crippen LogP contribution in [-0.2, 0) is 0 Å². The number of carboxylic acids is 1. The number of hydrogen-bond donors (Lipinski definition) is 1. The van der Waals surface area contributed by atoms with Crippen molar-refractivity contribution in [2.24, 2.45) is 0 Å². The summed E-state index contributed by atoms with van der Waals surface area (Å²) in [6, 6.07) is 11.6. The van der Waals surface area contributed by atoms with E-state index in [4.69, 9.17) is 0 Å². The molecule has 2 aromatic carbocycles. The zero-order valence-electron chi connectivity index (χ0n) is 11.8. The van der Waals surface area contributed by atoms with E-state index in [2.05, 4.69) is 0 Å². The number of nitrogens with zero attached hydrogens (tertiary/aromatic N) is 1. The van der Waals surface area contributed by atoms with Crippen LogP contribution in [-0.4, -0.2) is 23.9 Å². The molecular formula is C16H16FNO2S. The summed E-state index contributed by atoms with van der Waals surface area (Å²) in [5.41, 5.74) is 1.03. The van der Waals surface area contributed by atoms with Gasteiger partial charge in [0, 0.05) is 11.9 Å². The Hall–Kier alpha value is -2.01. The summed E-state index contributed by atoms with van der Waals surface area (Å²) in [6.45, 7) is 1.96. The van der Waals surface area contributed by atoms with Crippen LogP contribution in [0.1, 0.15) is 17.3 Å². The first-order chi connectivity index (χ1) is 10.1. The van der Waals surface area contributed by atoms with Crippen LogP contribution in [0.2, 0.25) is 0 Å². The number of carboxylic acid groups (broad SMARTS) is 1. The van der Waals surface area contributed by atoms with Gasteiger partial charge in [0.15, 0.2) is 0 Å². The predicted octanol–water partition coefficient (Wildman–Crippen LogP) is 4.40. The number of carbonyl (C=O) groups is 1. The van der Waals surface area contributed by atoms with Gasteiger partial charge in [0.05, 0.1) is 16.9 Å². The first kappa shape index (κ1) is 15.4. The van der Waals surface area contributed by atoms with E-state index in [-0.39, 0.29) is 11.4 Å². The molecule has 0 fully saturated rings. The highest BCUT2D eigenvalue weighted by Gasteiger charge is 2.20. The summed E-state index contributed by atoms with van der Waals surface area (Å²) >= 11 is 1.46. The maximum atomic E-state index is 13.9. The van der Waals surface area contributed by atoms with Gasteiger partial charge in [-0.15, -0.1) is 11.8 Å². The minimum atomic E-state index is -1.01. The van der Waals surface area contributed by atoms with Gasteiger partial charge in [-0.05, 0) is 30.0 Å². The third kappa shape index (κ3) is 3.19. The van der Waals surface area contributed by atoms with Crippen LogP contribution in [0.25, 0.3) is 0 Å². The maximum Gasteiger partial charge on any atom is 0.338 e. The zero-order chi connectivity index (χ0) is 15.4. The van der Waals surface area contributed by atoms with E-state index < -0.39 is 5.97 Å². The lowest BCUT2D eigenvalue weighted by molar-refractivity contribution is 0.0694. The monoisotopic (exact) mass is 305 g/mol. The molecule has 0 radical (unpaired) electrons. The van der Waals surface area contributed by atoms with Gasteiger partial charge in [0.1, 0.15) is 5.82 Å². The summed E-state index contributed by atoms with van der Waals surface area (Å²) in [5.74, 6) is -0.623. The number of anilines is 2. The molecule has 0 aliphatic carbocycles. The molecule has 2 aromatic rings. The van der Waals surface area contributed by atoms with Gasteiger partial charge in [-0.2, -0.15) is 0 Å². The summed E-state index contributed by atoms with van der Waals surface area (Å²) in [7, 11) is 1.67. The first-order valence-corrected chi connectivity index (χ1v) is 7.52. The van der Waals surface area contributed by atoms with Gasteiger partial charge in [-0.25, -0.2) is 9.18 Å². The molecule has 2 rings (SSSR count). The molecule has 0 atom stereocenters. The van der Waals surface area contributed by atoms with Crippen molar-refractivity contribution < 1.29 is 14.3 Å². The largest absolute Gasteiger partial charge is 0.478 e. The molecule has 110 valence electrons. The molecule has 0 saturated carbocycles. The molecule has 0 bridgehead atoms. The van der Waals surface area contributed by atoms with Crippen LogP contribution in [0.15, 0.2) is 47.4 Å². The first-order valence-electron chi connectivity index (χ1n) is 6.53. The Morgan fingerprint density at radius 1 is 1.19 bits per heavy atom. The molecular weight excluding hydrogens is 289 g/mol. The average molecular weight is 305 g/mol. The molecule has 0 amide bonds. The van der Waals surface area contributed by atoms with Crippen molar-refractivity contribution in [2.75, 3.05) is 17.7 Å². The Balaban J connectivity index is 2.55. The van der Waals surface area contributed by atoms with Gasteiger partial charge in [0.25, 0.3) is 0 Å². The molecule has 0 aromatic heterocycles. The number of aromatic carboxylic acids is 1. The van der Waals surface area contributed by atoms with Crippen molar-refractivity contribution in [3.05, 3.63) is 53.8 Å². The van der Waals surface area contributed by atoms with E-state index in [0.29, 0.717) is 16.3 Å². The quantitative estimate of drug-likeness (QED) is 0.831. The van der Waals surface area contributed by atoms with Crippen molar-refractivity contribution in [3.63, 3.8) is 0 Å². The number of rotatable bonds is 5. The minimum Gasteiger partial charge on any atom is -0.478 e. The fraction of sp³-hybridized carbons (Fsp3) is 0.188. The fourth-order valence-electron chi connectivity index (χ4n) is 2.14. The van der Waals surface area contributed by atoms with Crippen LogP contribution in [0.3, 0.4) is 0 Å². The van der Waals surface area contributed by atoms with Crippen molar-refractivity contribution in [2.45, 2.75) is 11.8 Å². The second kappa shape index (κ2) is 6.63. The van der Waals surface area contributed by atoms with E-state index in [9.17, 15) is 14.3 Å². The summed E-state index contributed by atoms with van der Waals surface area (Å²) < 4.78 is 13.9. The highest BCUT2D eigenvalue weighted by atomic mass is 32.2. The number of para-hydroxylation sites is 1. The lowest BCUT2D eigenvalue weighted by Crippen LogP contribution is -2.16. The van der Waals surface area contributed by atoms with E-state index >= 15 is 0 Å². The highest BCUT2D eigenvalue weighted by molar-refractivity contribution is 7.99. The molecule has 0 spiro atoms. The highest BCUT2D eigenvalue weighted by Crippen LogP contribution is 2.34. The fourth-order valence-corrected chi connectivity index (χ4v) is 2.97. The third-order valence-corrected chi connectivity index (χ3v) is 4.03. The maximum absolute atomic E-state index is 13.9. The molecule has 0 saturated heterocycles. The Morgan fingerprint density at radius 2 is 1.86 bits per heavy atom. The molecule has 21 heavy (non-hydrogen) atoms. The number of benzene rings is 2. The summed E-state index contributed by atoms with van der Waals surface area (Å²) in [4.78, 5) is 13.9. The molecule has 5 heteroatoms. The van der Waals surface area contributed by atoms with Crippen LogP contribution >= 0.6 is 11.8 Å². The lowest BCUT2D eigenvalue weighted by Gasteiger charge is -2.23. The van der Waals surface area contributed by atoms with Gasteiger partial charge in [-0.3, -0.25) is 0 Å². The summed E-state index contributed by atoms with van der Waals surface area (Å²) in [6.07, 6.45) is 0. The number of halogens is 1. The van der Waals surface area contributed by atoms with E-state index in [0.717, 1.165) is 5.75 Å². The topological polar surface area (TPSA) is 40.5 Å². The Bertz CT molecular complexity index is 660. The van der Waals surface area contributed by atoms with Gasteiger partial charge >= 0.3 is 5.97 Å². The standard InChI is InChI=1S/C16H16FNO2S/c1-3-21-14-10-6-9-13(15(14)16(19)20)18(2)12-8-5-4-7-11(12)17/h4-10H,3H2,1-2H3,(H,19,20). The molecule has 0 aliphatic heterocycles. The summed E-state index contributed by atoms with van der Waals surface area (Å²) in [5, 5.41) is 9.50. The minimum absolute atomic E-state index is 0.204. The molecule has 0 aliphatic rings. The SMILES string of the molecule is CCSc1cccc(N(C)c2ccccc2F)c1C(=O)O. The van der Waals surface area contributed by atoms with E-state index in [1.807, 2.05) is 6.92 Å². The Morgan fingerprint density at radius 3 is 2.48 bits per heavy atom. The van der Waals surface area contributed by atoms with Crippen molar-refractivity contribution in [1.29, 1.82) is 0 Å². The molecule has 1 N–H and O–H groups in total. The number of thioether (sulfide) groups is 1. The smallest absolute Gasteiger partial charge is 0.338 e. The second-order valence-corrected chi connectivity index (χ2v) is 5.70. The lowest BCUT2D eigenvalue weighted by atomic mass is 10.1. The van der Waals surface area contributed by atoms with E-state index in [1.54, 1.807) is 48.3 Å². The van der Waals surface area contributed by atoms with Crippen molar-refractivity contribution in [1.82, 2.24) is 0 Å². The molecule has 3 nitrogen and oxygen atoms in total. The second-order valence-electron chi connectivity index (χ2n) is 4.40. The number of hydrogen-bond acceptors (Lipinski definition) is 3. The average Bonchev–Trinajstić information content (AvgIpc) is 2.47. The molecule has 0 heterocycles. The Labute approximate surface area is 127 Å². The van der Waals surface area contributed by atoms with Crippen molar-refractivity contribution in [3.8, 4) is 0 Å². The van der Waals surface area contributed by atoms with Gasteiger partial charge < -0.3 is 10.0 Å². The van der Waals surface area contributed by atoms with Crippen LogP contribution in [0.5, 0.6) is 0 Å². The Kier molecular flexibility index (Phi) is 4.85. The van der Waals surface area contributed by atoms with E-state index in [1.165, 1.54) is 17.8 Å².